The van der Waals surface area contributed by atoms with Gasteiger partial charge in [-0.05, 0) is 50.7 Å². The van der Waals surface area contributed by atoms with Gasteiger partial charge in [-0.25, -0.2) is 4.39 Å². The molecule has 1 saturated heterocycles. The summed E-state index contributed by atoms with van der Waals surface area (Å²) in [6.45, 7) is 3.68. The Labute approximate surface area is 143 Å². The average molecular weight is 334 g/mol. The van der Waals surface area contributed by atoms with Crippen LogP contribution in [0.15, 0.2) is 24.3 Å². The van der Waals surface area contributed by atoms with Crippen molar-refractivity contribution >= 4 is 11.7 Å². The van der Waals surface area contributed by atoms with Gasteiger partial charge in [-0.2, -0.15) is 0 Å². The van der Waals surface area contributed by atoms with Crippen molar-refractivity contribution < 1.29 is 14.0 Å². The molecule has 0 saturated carbocycles. The molecule has 1 fully saturated rings. The summed E-state index contributed by atoms with van der Waals surface area (Å²) in [5.41, 5.74) is 0.459. The zero-order valence-corrected chi connectivity index (χ0v) is 14.8. The molecule has 1 heterocycles. The normalized spacial score (nSPS) is 20.6. The molecule has 1 aliphatic rings. The molecule has 0 bridgehead atoms. The highest BCUT2D eigenvalue weighted by molar-refractivity contribution is 5.97. The number of carbonyl (C=O) groups excluding carboxylic acids is 2. The zero-order chi connectivity index (χ0) is 17.7. The number of amides is 1. The van der Waals surface area contributed by atoms with E-state index in [0.717, 1.165) is 25.9 Å². The largest absolute Gasteiger partial charge is 0.341 e. The first-order valence-electron chi connectivity index (χ1n) is 8.65. The van der Waals surface area contributed by atoms with Gasteiger partial charge in [0.25, 0.3) is 0 Å². The number of likely N-dealkylation sites (N-methyl/N-ethyl adjacent to an activating group) is 1. The number of rotatable bonds is 7. The Balaban J connectivity index is 1.88. The van der Waals surface area contributed by atoms with Crippen LogP contribution in [0.1, 0.15) is 43.0 Å². The molecule has 2 rings (SSSR count). The van der Waals surface area contributed by atoms with Crippen LogP contribution in [-0.4, -0.2) is 54.7 Å². The maximum Gasteiger partial charge on any atom is 0.223 e. The van der Waals surface area contributed by atoms with E-state index in [1.54, 1.807) is 0 Å². The van der Waals surface area contributed by atoms with Crippen LogP contribution in [0.25, 0.3) is 0 Å². The number of hydrogen-bond acceptors (Lipinski definition) is 3. The van der Waals surface area contributed by atoms with Crippen molar-refractivity contribution in [1.82, 2.24) is 9.80 Å². The van der Waals surface area contributed by atoms with Crippen LogP contribution in [0.5, 0.6) is 0 Å². The third-order valence-electron chi connectivity index (χ3n) is 4.81. The lowest BCUT2D eigenvalue weighted by Gasteiger charge is -2.24. The Morgan fingerprint density at radius 3 is 2.42 bits per heavy atom. The van der Waals surface area contributed by atoms with E-state index < -0.39 is 0 Å². The summed E-state index contributed by atoms with van der Waals surface area (Å²) in [7, 11) is 4.11. The maximum absolute atomic E-state index is 12.9. The maximum atomic E-state index is 12.9. The minimum atomic E-state index is -0.364. The second-order valence-electron chi connectivity index (χ2n) is 6.81. The summed E-state index contributed by atoms with van der Waals surface area (Å²) in [5, 5.41) is 0. The molecule has 5 heteroatoms. The number of halogens is 1. The van der Waals surface area contributed by atoms with Crippen molar-refractivity contribution in [2.45, 2.75) is 38.6 Å². The number of benzene rings is 1. The summed E-state index contributed by atoms with van der Waals surface area (Å²) in [6.07, 6.45) is 2.61. The monoisotopic (exact) mass is 334 g/mol. The Morgan fingerprint density at radius 2 is 1.83 bits per heavy atom. The first-order valence-corrected chi connectivity index (χ1v) is 8.65. The molecule has 0 spiro atoms. The van der Waals surface area contributed by atoms with Crippen LogP contribution in [0.4, 0.5) is 4.39 Å². The van der Waals surface area contributed by atoms with E-state index in [4.69, 9.17) is 0 Å². The highest BCUT2D eigenvalue weighted by atomic mass is 19.1. The molecule has 4 nitrogen and oxygen atoms in total. The lowest BCUT2D eigenvalue weighted by atomic mass is 9.98. The molecule has 1 amide bonds. The van der Waals surface area contributed by atoms with Gasteiger partial charge in [0.05, 0.1) is 0 Å². The fourth-order valence-corrected chi connectivity index (χ4v) is 3.46. The van der Waals surface area contributed by atoms with Crippen molar-refractivity contribution in [2.24, 2.45) is 5.92 Å². The number of ketones is 1. The van der Waals surface area contributed by atoms with Crippen molar-refractivity contribution in [2.75, 3.05) is 27.2 Å². The predicted molar refractivity (Wildman–Crippen MR) is 92.4 cm³/mol. The SMILES string of the molecule is CCC[C@@H]1CN(C(=O)CCC(=O)c2ccc(F)cc2)C[C@H]1N(C)C. The van der Waals surface area contributed by atoms with Crippen molar-refractivity contribution in [1.29, 1.82) is 0 Å². The number of likely N-dealkylation sites (tertiary alicyclic amines) is 1. The molecule has 0 unspecified atom stereocenters. The molecule has 0 aliphatic carbocycles. The lowest BCUT2D eigenvalue weighted by molar-refractivity contribution is -0.130. The summed E-state index contributed by atoms with van der Waals surface area (Å²) < 4.78 is 12.9. The van der Waals surface area contributed by atoms with E-state index in [0.29, 0.717) is 17.5 Å². The van der Waals surface area contributed by atoms with Gasteiger partial charge in [-0.3, -0.25) is 9.59 Å². The van der Waals surface area contributed by atoms with E-state index in [2.05, 4.69) is 25.9 Å². The van der Waals surface area contributed by atoms with Gasteiger partial charge in [0, 0.05) is 37.5 Å². The van der Waals surface area contributed by atoms with Crippen LogP contribution in [0.3, 0.4) is 0 Å². The second kappa shape index (κ2) is 8.38. The molecule has 132 valence electrons. The topological polar surface area (TPSA) is 40.6 Å². The van der Waals surface area contributed by atoms with Gasteiger partial charge < -0.3 is 9.80 Å². The smallest absolute Gasteiger partial charge is 0.223 e. The van der Waals surface area contributed by atoms with Crippen LogP contribution in [0.2, 0.25) is 0 Å². The Hall–Kier alpha value is -1.75. The molecular formula is C19H27FN2O2. The highest BCUT2D eigenvalue weighted by Gasteiger charge is 2.35. The quantitative estimate of drug-likeness (QED) is 0.720. The Kier molecular flexibility index (Phi) is 6.49. The van der Waals surface area contributed by atoms with Gasteiger partial charge in [-0.15, -0.1) is 0 Å². The summed E-state index contributed by atoms with van der Waals surface area (Å²) in [4.78, 5) is 28.6. The van der Waals surface area contributed by atoms with E-state index >= 15 is 0 Å². The van der Waals surface area contributed by atoms with Gasteiger partial charge in [0.1, 0.15) is 5.82 Å². The number of carbonyl (C=O) groups is 2. The fourth-order valence-electron chi connectivity index (χ4n) is 3.46. The van der Waals surface area contributed by atoms with Crippen LogP contribution >= 0.6 is 0 Å². The minimum Gasteiger partial charge on any atom is -0.341 e. The molecule has 0 N–H and O–H groups in total. The second-order valence-corrected chi connectivity index (χ2v) is 6.81. The van der Waals surface area contributed by atoms with E-state index in [-0.39, 0.29) is 30.3 Å². The Morgan fingerprint density at radius 1 is 1.17 bits per heavy atom. The predicted octanol–water partition coefficient (Wildman–Crippen LogP) is 2.98. The zero-order valence-electron chi connectivity index (χ0n) is 14.8. The first-order chi connectivity index (χ1) is 11.4. The fraction of sp³-hybridized carbons (Fsp3) is 0.579. The lowest BCUT2D eigenvalue weighted by Crippen LogP contribution is -2.36. The molecule has 2 atom stereocenters. The van der Waals surface area contributed by atoms with Crippen LogP contribution in [-0.2, 0) is 4.79 Å². The van der Waals surface area contributed by atoms with E-state index in [1.807, 2.05) is 4.90 Å². The molecule has 1 aromatic carbocycles. The van der Waals surface area contributed by atoms with Crippen molar-refractivity contribution in [3.05, 3.63) is 35.6 Å². The van der Waals surface area contributed by atoms with Gasteiger partial charge in [-0.1, -0.05) is 13.3 Å². The first kappa shape index (κ1) is 18.6. The molecule has 1 aromatic rings. The van der Waals surface area contributed by atoms with Gasteiger partial charge in [0.2, 0.25) is 5.91 Å². The van der Waals surface area contributed by atoms with Gasteiger partial charge >= 0.3 is 0 Å². The summed E-state index contributed by atoms with van der Waals surface area (Å²) in [6, 6.07) is 5.87. The van der Waals surface area contributed by atoms with Crippen molar-refractivity contribution in [3.8, 4) is 0 Å². The molecule has 0 radical (unpaired) electrons. The van der Waals surface area contributed by atoms with E-state index in [9.17, 15) is 14.0 Å². The van der Waals surface area contributed by atoms with Crippen molar-refractivity contribution in [3.63, 3.8) is 0 Å². The minimum absolute atomic E-state index is 0.0379. The average Bonchev–Trinajstić information content (AvgIpc) is 2.97. The number of hydrogen-bond donors (Lipinski definition) is 0. The highest BCUT2D eigenvalue weighted by Crippen LogP contribution is 2.25. The third kappa shape index (κ3) is 4.63. The molecule has 24 heavy (non-hydrogen) atoms. The standard InChI is InChI=1S/C19H27FN2O2/c1-4-5-15-12-22(13-17(15)21(2)3)19(24)11-10-18(23)14-6-8-16(20)9-7-14/h6-9,15,17H,4-5,10-13H2,1-3H3/t15-,17-/m1/s1. The number of nitrogens with zero attached hydrogens (tertiary/aromatic N) is 2. The van der Waals surface area contributed by atoms with Crippen LogP contribution in [0, 0.1) is 11.7 Å². The number of Topliss-reactive ketones (excluding diaryl/α,β-unsaturated/α-hetero) is 1. The van der Waals surface area contributed by atoms with E-state index in [1.165, 1.54) is 24.3 Å². The summed E-state index contributed by atoms with van der Waals surface area (Å²) in [5.74, 6) is 0.0610. The molecular weight excluding hydrogens is 307 g/mol. The molecule has 0 aromatic heterocycles. The molecule has 1 aliphatic heterocycles. The van der Waals surface area contributed by atoms with Gasteiger partial charge in [0.15, 0.2) is 5.78 Å². The summed E-state index contributed by atoms with van der Waals surface area (Å²) >= 11 is 0. The third-order valence-corrected chi connectivity index (χ3v) is 4.81. The van der Waals surface area contributed by atoms with Crippen LogP contribution < -0.4 is 0 Å². The Bertz CT molecular complexity index is 571.